The van der Waals surface area contributed by atoms with Gasteiger partial charge in [-0.05, 0) is 36.2 Å². The summed E-state index contributed by atoms with van der Waals surface area (Å²) in [6, 6.07) is 11.0. The zero-order valence-corrected chi connectivity index (χ0v) is 11.4. The molecule has 2 aromatic rings. The standard InChI is InChI=1S/C16H16FNO2/c1-3-11-4-7-13(8-5-11)18(2)16(20)14-9-6-12(17)10-15(14)19/h4-10,19H,3H2,1-2H3. The molecule has 0 aromatic heterocycles. The Bertz CT molecular complexity index is 623. The zero-order valence-electron chi connectivity index (χ0n) is 11.4. The van der Waals surface area contributed by atoms with Gasteiger partial charge in [-0.3, -0.25) is 4.79 Å². The first-order valence-corrected chi connectivity index (χ1v) is 6.38. The number of carbonyl (C=O) groups is 1. The molecule has 0 heterocycles. The number of anilines is 1. The zero-order chi connectivity index (χ0) is 14.7. The minimum Gasteiger partial charge on any atom is -0.507 e. The maximum atomic E-state index is 12.9. The van der Waals surface area contributed by atoms with E-state index in [1.807, 2.05) is 24.3 Å². The fourth-order valence-corrected chi connectivity index (χ4v) is 1.94. The van der Waals surface area contributed by atoms with Crippen LogP contribution < -0.4 is 4.90 Å². The topological polar surface area (TPSA) is 40.5 Å². The van der Waals surface area contributed by atoms with E-state index in [-0.39, 0.29) is 17.2 Å². The summed E-state index contributed by atoms with van der Waals surface area (Å²) in [5, 5.41) is 9.65. The van der Waals surface area contributed by atoms with Crippen LogP contribution >= 0.6 is 0 Å². The number of rotatable bonds is 3. The maximum absolute atomic E-state index is 12.9. The summed E-state index contributed by atoms with van der Waals surface area (Å²) in [5.41, 5.74) is 1.98. The van der Waals surface area contributed by atoms with Crippen molar-refractivity contribution in [1.29, 1.82) is 0 Å². The van der Waals surface area contributed by atoms with Crippen molar-refractivity contribution >= 4 is 11.6 Å². The molecule has 0 saturated carbocycles. The van der Waals surface area contributed by atoms with Gasteiger partial charge in [-0.25, -0.2) is 4.39 Å². The Morgan fingerprint density at radius 3 is 2.40 bits per heavy atom. The predicted octanol–water partition coefficient (Wildman–Crippen LogP) is 3.37. The molecule has 4 heteroatoms. The van der Waals surface area contributed by atoms with Gasteiger partial charge < -0.3 is 10.0 Å². The van der Waals surface area contributed by atoms with Gasteiger partial charge in [0.1, 0.15) is 11.6 Å². The van der Waals surface area contributed by atoms with Crippen molar-refractivity contribution < 1.29 is 14.3 Å². The number of hydrogen-bond donors (Lipinski definition) is 1. The van der Waals surface area contributed by atoms with Crippen LogP contribution in [0.15, 0.2) is 42.5 Å². The number of amides is 1. The van der Waals surface area contributed by atoms with E-state index >= 15 is 0 Å². The lowest BCUT2D eigenvalue weighted by Crippen LogP contribution is -2.26. The third kappa shape index (κ3) is 2.79. The van der Waals surface area contributed by atoms with Crippen LogP contribution in [-0.4, -0.2) is 18.1 Å². The first-order valence-electron chi connectivity index (χ1n) is 6.38. The summed E-state index contributed by atoms with van der Waals surface area (Å²) in [5.74, 6) is -1.31. The number of nitrogens with zero attached hydrogens (tertiary/aromatic N) is 1. The maximum Gasteiger partial charge on any atom is 0.261 e. The monoisotopic (exact) mass is 273 g/mol. The first kappa shape index (κ1) is 14.1. The summed E-state index contributed by atoms with van der Waals surface area (Å²) < 4.78 is 12.9. The normalized spacial score (nSPS) is 10.3. The Morgan fingerprint density at radius 1 is 1.20 bits per heavy atom. The van der Waals surface area contributed by atoms with Gasteiger partial charge in [0, 0.05) is 18.8 Å². The smallest absolute Gasteiger partial charge is 0.261 e. The molecule has 0 saturated heterocycles. The fourth-order valence-electron chi connectivity index (χ4n) is 1.94. The van der Waals surface area contributed by atoms with Crippen LogP contribution in [0.3, 0.4) is 0 Å². The van der Waals surface area contributed by atoms with Crippen molar-refractivity contribution in [3.05, 3.63) is 59.4 Å². The molecule has 0 aliphatic heterocycles. The molecule has 20 heavy (non-hydrogen) atoms. The molecule has 0 atom stereocenters. The Balaban J connectivity index is 2.27. The molecule has 0 bridgehead atoms. The second kappa shape index (κ2) is 5.74. The molecule has 104 valence electrons. The summed E-state index contributed by atoms with van der Waals surface area (Å²) in [6.45, 7) is 2.06. The van der Waals surface area contributed by atoms with Gasteiger partial charge >= 0.3 is 0 Å². The van der Waals surface area contributed by atoms with E-state index in [1.54, 1.807) is 7.05 Å². The molecule has 0 aliphatic rings. The van der Waals surface area contributed by atoms with E-state index < -0.39 is 5.82 Å². The highest BCUT2D eigenvalue weighted by Crippen LogP contribution is 2.22. The number of benzene rings is 2. The van der Waals surface area contributed by atoms with E-state index in [2.05, 4.69) is 6.92 Å². The van der Waals surface area contributed by atoms with E-state index in [9.17, 15) is 14.3 Å². The van der Waals surface area contributed by atoms with Gasteiger partial charge in [-0.2, -0.15) is 0 Å². The third-order valence-electron chi connectivity index (χ3n) is 3.23. The van der Waals surface area contributed by atoms with E-state index in [0.29, 0.717) is 0 Å². The first-order chi connectivity index (χ1) is 9.52. The third-order valence-corrected chi connectivity index (χ3v) is 3.23. The predicted molar refractivity (Wildman–Crippen MR) is 76.6 cm³/mol. The number of phenols is 1. The van der Waals surface area contributed by atoms with Crippen LogP contribution in [-0.2, 0) is 6.42 Å². The number of aryl methyl sites for hydroxylation is 1. The fraction of sp³-hybridized carbons (Fsp3) is 0.188. The Labute approximate surface area is 117 Å². The molecule has 0 aliphatic carbocycles. The van der Waals surface area contributed by atoms with Crippen LogP contribution in [0, 0.1) is 5.82 Å². The molecule has 0 fully saturated rings. The van der Waals surface area contributed by atoms with E-state index in [0.717, 1.165) is 24.2 Å². The SMILES string of the molecule is CCc1ccc(N(C)C(=O)c2ccc(F)cc2O)cc1. The van der Waals surface area contributed by atoms with Gasteiger partial charge in [0.25, 0.3) is 5.91 Å². The minimum atomic E-state index is -0.575. The average molecular weight is 273 g/mol. The number of carbonyl (C=O) groups excluding carboxylic acids is 1. The molecule has 1 N–H and O–H groups in total. The molecule has 0 spiro atoms. The van der Waals surface area contributed by atoms with Crippen LogP contribution in [0.2, 0.25) is 0 Å². The summed E-state index contributed by atoms with van der Waals surface area (Å²) in [6.07, 6.45) is 0.927. The lowest BCUT2D eigenvalue weighted by Gasteiger charge is -2.18. The second-order valence-corrected chi connectivity index (χ2v) is 4.55. The van der Waals surface area contributed by atoms with Gasteiger partial charge in [0.15, 0.2) is 0 Å². The Hall–Kier alpha value is -2.36. The lowest BCUT2D eigenvalue weighted by molar-refractivity contribution is 0.0990. The van der Waals surface area contributed by atoms with Crippen molar-refractivity contribution in [1.82, 2.24) is 0 Å². The Morgan fingerprint density at radius 2 is 1.85 bits per heavy atom. The number of aromatic hydroxyl groups is 1. The van der Waals surface area contributed by atoms with Gasteiger partial charge in [-0.15, -0.1) is 0 Å². The Kier molecular flexibility index (Phi) is 4.03. The summed E-state index contributed by atoms with van der Waals surface area (Å²) >= 11 is 0. The quantitative estimate of drug-likeness (QED) is 0.931. The summed E-state index contributed by atoms with van der Waals surface area (Å²) in [7, 11) is 1.62. The molecule has 3 nitrogen and oxygen atoms in total. The highest BCUT2D eigenvalue weighted by Gasteiger charge is 2.17. The van der Waals surface area contributed by atoms with Crippen molar-refractivity contribution in [3.63, 3.8) is 0 Å². The van der Waals surface area contributed by atoms with E-state index in [1.165, 1.54) is 16.5 Å². The van der Waals surface area contributed by atoms with Crippen molar-refractivity contribution in [2.45, 2.75) is 13.3 Å². The van der Waals surface area contributed by atoms with Gasteiger partial charge in [0.2, 0.25) is 0 Å². The highest BCUT2D eigenvalue weighted by molar-refractivity contribution is 6.07. The van der Waals surface area contributed by atoms with Crippen LogP contribution in [0.4, 0.5) is 10.1 Å². The molecular weight excluding hydrogens is 257 g/mol. The molecule has 0 unspecified atom stereocenters. The van der Waals surface area contributed by atoms with Crippen molar-refractivity contribution in [2.75, 3.05) is 11.9 Å². The molecule has 2 rings (SSSR count). The minimum absolute atomic E-state index is 0.0773. The number of halogens is 1. The largest absolute Gasteiger partial charge is 0.507 e. The van der Waals surface area contributed by atoms with Crippen LogP contribution in [0.1, 0.15) is 22.8 Å². The summed E-state index contributed by atoms with van der Waals surface area (Å²) in [4.78, 5) is 13.7. The molecule has 0 radical (unpaired) electrons. The van der Waals surface area contributed by atoms with E-state index in [4.69, 9.17) is 0 Å². The number of phenolic OH excluding ortho intramolecular Hbond substituents is 1. The van der Waals surface area contributed by atoms with Crippen LogP contribution in [0.5, 0.6) is 5.75 Å². The van der Waals surface area contributed by atoms with Crippen molar-refractivity contribution in [3.8, 4) is 5.75 Å². The highest BCUT2D eigenvalue weighted by atomic mass is 19.1. The van der Waals surface area contributed by atoms with Crippen LogP contribution in [0.25, 0.3) is 0 Å². The van der Waals surface area contributed by atoms with Gasteiger partial charge in [-0.1, -0.05) is 19.1 Å². The van der Waals surface area contributed by atoms with Crippen molar-refractivity contribution in [2.24, 2.45) is 0 Å². The molecule has 1 amide bonds. The van der Waals surface area contributed by atoms with Gasteiger partial charge in [0.05, 0.1) is 5.56 Å². The molecular formula is C16H16FNO2. The second-order valence-electron chi connectivity index (χ2n) is 4.55. The molecule has 2 aromatic carbocycles. The lowest BCUT2D eigenvalue weighted by atomic mass is 10.1. The average Bonchev–Trinajstić information content (AvgIpc) is 2.46. The number of hydrogen-bond acceptors (Lipinski definition) is 2.